The highest BCUT2D eigenvalue weighted by molar-refractivity contribution is 5.06. The van der Waals surface area contributed by atoms with Crippen LogP contribution in [0.25, 0.3) is 0 Å². The van der Waals surface area contributed by atoms with Crippen LogP contribution in [0.5, 0.6) is 0 Å². The van der Waals surface area contributed by atoms with Gasteiger partial charge in [0.1, 0.15) is 0 Å². The Bertz CT molecular complexity index is 429. The fourth-order valence-electron chi connectivity index (χ4n) is 2.02. The summed E-state index contributed by atoms with van der Waals surface area (Å²) >= 11 is 0. The molecule has 104 valence electrons. The smallest absolute Gasteiger partial charge is 0.151 e. The van der Waals surface area contributed by atoms with Gasteiger partial charge in [-0.2, -0.15) is 0 Å². The number of nitrogens with zero attached hydrogens (tertiary/aromatic N) is 2. The van der Waals surface area contributed by atoms with Crippen molar-refractivity contribution in [3.63, 3.8) is 0 Å². The average Bonchev–Trinajstić information content (AvgIpc) is 3.05. The molecule has 1 heterocycles. The van der Waals surface area contributed by atoms with Gasteiger partial charge >= 0.3 is 0 Å². The Balaban J connectivity index is 1.84. The summed E-state index contributed by atoms with van der Waals surface area (Å²) in [7, 11) is 0. The number of hydrogen-bond acceptors (Lipinski definition) is 4. The first kappa shape index (κ1) is 14.1. The SMILES string of the molecule is C#CCN(Cc1cc(CNC(C)C)no1)CC1CC1. The molecule has 0 radical (unpaired) electrons. The molecule has 1 N–H and O–H groups in total. The van der Waals surface area contributed by atoms with Crippen LogP contribution in [0.4, 0.5) is 0 Å². The Morgan fingerprint density at radius 3 is 3.00 bits per heavy atom. The summed E-state index contributed by atoms with van der Waals surface area (Å²) in [5, 5.41) is 7.41. The second kappa shape index (κ2) is 6.74. The molecule has 1 fully saturated rings. The lowest BCUT2D eigenvalue weighted by Crippen LogP contribution is -2.25. The van der Waals surface area contributed by atoms with Crippen molar-refractivity contribution < 1.29 is 4.52 Å². The minimum absolute atomic E-state index is 0.452. The summed E-state index contributed by atoms with van der Waals surface area (Å²) in [6.07, 6.45) is 8.09. The summed E-state index contributed by atoms with van der Waals surface area (Å²) in [6, 6.07) is 2.47. The molecule has 4 heteroatoms. The molecule has 1 aromatic heterocycles. The van der Waals surface area contributed by atoms with Gasteiger partial charge in [-0.25, -0.2) is 0 Å². The highest BCUT2D eigenvalue weighted by Gasteiger charge is 2.24. The monoisotopic (exact) mass is 261 g/mol. The Hall–Kier alpha value is -1.31. The van der Waals surface area contributed by atoms with Crippen LogP contribution in [0.3, 0.4) is 0 Å². The lowest BCUT2D eigenvalue weighted by atomic mass is 10.3. The molecule has 19 heavy (non-hydrogen) atoms. The molecule has 1 aromatic rings. The molecule has 0 aliphatic heterocycles. The lowest BCUT2D eigenvalue weighted by Gasteiger charge is -2.17. The Labute approximate surface area is 115 Å². The van der Waals surface area contributed by atoms with Gasteiger partial charge in [0, 0.05) is 25.2 Å². The van der Waals surface area contributed by atoms with Crippen molar-refractivity contribution >= 4 is 0 Å². The van der Waals surface area contributed by atoms with E-state index >= 15 is 0 Å². The van der Waals surface area contributed by atoms with Gasteiger partial charge in [-0.3, -0.25) is 4.90 Å². The normalized spacial score (nSPS) is 15.1. The summed E-state index contributed by atoms with van der Waals surface area (Å²) in [5.74, 6) is 4.45. The summed E-state index contributed by atoms with van der Waals surface area (Å²) in [5.41, 5.74) is 0.954. The summed E-state index contributed by atoms with van der Waals surface area (Å²) in [6.45, 7) is 7.49. The minimum atomic E-state index is 0.452. The van der Waals surface area contributed by atoms with E-state index in [1.165, 1.54) is 12.8 Å². The van der Waals surface area contributed by atoms with Crippen LogP contribution in [0.1, 0.15) is 38.1 Å². The van der Waals surface area contributed by atoms with Gasteiger partial charge in [-0.15, -0.1) is 6.42 Å². The zero-order valence-corrected chi connectivity index (χ0v) is 11.9. The minimum Gasteiger partial charge on any atom is -0.360 e. The maximum absolute atomic E-state index is 5.42. The molecule has 0 unspecified atom stereocenters. The standard InChI is InChI=1S/C15H23N3O/c1-4-7-18(10-13-5-6-13)11-15-8-14(17-19-15)9-16-12(2)3/h1,8,12-13,16H,5-7,9-11H2,2-3H3. The third-order valence-electron chi connectivity index (χ3n) is 3.21. The zero-order valence-electron chi connectivity index (χ0n) is 11.9. The van der Waals surface area contributed by atoms with Crippen LogP contribution >= 0.6 is 0 Å². The van der Waals surface area contributed by atoms with Crippen LogP contribution in [-0.4, -0.2) is 29.2 Å². The summed E-state index contributed by atoms with van der Waals surface area (Å²) in [4.78, 5) is 2.26. The molecular weight excluding hydrogens is 238 g/mol. The van der Waals surface area contributed by atoms with Crippen LogP contribution in [-0.2, 0) is 13.1 Å². The topological polar surface area (TPSA) is 41.3 Å². The van der Waals surface area contributed by atoms with Crippen LogP contribution in [0.2, 0.25) is 0 Å². The first-order chi connectivity index (χ1) is 9.17. The predicted molar refractivity (Wildman–Crippen MR) is 75.3 cm³/mol. The van der Waals surface area contributed by atoms with E-state index in [1.54, 1.807) is 0 Å². The van der Waals surface area contributed by atoms with Gasteiger partial charge in [-0.1, -0.05) is 24.9 Å². The van der Waals surface area contributed by atoms with Gasteiger partial charge in [-0.05, 0) is 18.8 Å². The molecule has 0 spiro atoms. The maximum Gasteiger partial charge on any atom is 0.151 e. The van der Waals surface area contributed by atoms with Crippen LogP contribution in [0, 0.1) is 18.3 Å². The molecule has 2 rings (SSSR count). The Morgan fingerprint density at radius 2 is 2.37 bits per heavy atom. The van der Waals surface area contributed by atoms with Crippen molar-refractivity contribution in [2.75, 3.05) is 13.1 Å². The van der Waals surface area contributed by atoms with Gasteiger partial charge in [0.2, 0.25) is 0 Å². The Kier molecular flexibility index (Phi) is 5.00. The molecule has 0 aromatic carbocycles. The van der Waals surface area contributed by atoms with E-state index in [4.69, 9.17) is 10.9 Å². The quantitative estimate of drug-likeness (QED) is 0.727. The van der Waals surface area contributed by atoms with E-state index in [0.29, 0.717) is 12.6 Å². The van der Waals surface area contributed by atoms with Crippen molar-refractivity contribution in [2.24, 2.45) is 5.92 Å². The molecular formula is C15H23N3O. The van der Waals surface area contributed by atoms with E-state index < -0.39 is 0 Å². The molecule has 1 saturated carbocycles. The maximum atomic E-state index is 5.42. The van der Waals surface area contributed by atoms with Gasteiger partial charge < -0.3 is 9.84 Å². The van der Waals surface area contributed by atoms with Gasteiger partial charge in [0.25, 0.3) is 0 Å². The van der Waals surface area contributed by atoms with Gasteiger partial charge in [0.05, 0.1) is 18.8 Å². The number of rotatable bonds is 8. The molecule has 0 amide bonds. The average molecular weight is 261 g/mol. The Morgan fingerprint density at radius 1 is 1.58 bits per heavy atom. The highest BCUT2D eigenvalue weighted by Crippen LogP contribution is 2.30. The van der Waals surface area contributed by atoms with E-state index in [9.17, 15) is 0 Å². The lowest BCUT2D eigenvalue weighted by molar-refractivity contribution is 0.245. The third-order valence-corrected chi connectivity index (χ3v) is 3.21. The third kappa shape index (κ3) is 5.06. The van der Waals surface area contributed by atoms with E-state index in [2.05, 4.69) is 35.1 Å². The van der Waals surface area contributed by atoms with Crippen molar-refractivity contribution in [3.05, 3.63) is 17.5 Å². The molecule has 1 aliphatic carbocycles. The van der Waals surface area contributed by atoms with Crippen molar-refractivity contribution in [1.82, 2.24) is 15.4 Å². The second-order valence-corrected chi connectivity index (χ2v) is 5.64. The second-order valence-electron chi connectivity index (χ2n) is 5.64. The first-order valence-electron chi connectivity index (χ1n) is 7.01. The first-order valence-corrected chi connectivity index (χ1v) is 7.01. The number of terminal acetylenes is 1. The molecule has 4 nitrogen and oxygen atoms in total. The van der Waals surface area contributed by atoms with Crippen LogP contribution < -0.4 is 5.32 Å². The fourth-order valence-corrected chi connectivity index (χ4v) is 2.02. The van der Waals surface area contributed by atoms with E-state index in [1.807, 2.05) is 6.07 Å². The zero-order chi connectivity index (χ0) is 13.7. The molecule has 0 saturated heterocycles. The number of aromatic nitrogens is 1. The highest BCUT2D eigenvalue weighted by atomic mass is 16.5. The van der Waals surface area contributed by atoms with E-state index in [0.717, 1.165) is 37.0 Å². The molecule has 1 aliphatic rings. The number of hydrogen-bond donors (Lipinski definition) is 1. The fraction of sp³-hybridized carbons (Fsp3) is 0.667. The van der Waals surface area contributed by atoms with Crippen molar-refractivity contribution in [2.45, 2.75) is 45.8 Å². The molecule has 0 atom stereocenters. The van der Waals surface area contributed by atoms with Crippen LogP contribution in [0.15, 0.2) is 10.6 Å². The largest absolute Gasteiger partial charge is 0.360 e. The summed E-state index contributed by atoms with van der Waals surface area (Å²) < 4.78 is 5.38. The van der Waals surface area contributed by atoms with Gasteiger partial charge in [0.15, 0.2) is 5.76 Å². The van der Waals surface area contributed by atoms with Crippen molar-refractivity contribution in [3.8, 4) is 12.3 Å². The predicted octanol–water partition coefficient (Wildman–Crippen LogP) is 2.02. The number of nitrogens with one attached hydrogen (secondary N) is 1. The van der Waals surface area contributed by atoms with E-state index in [-0.39, 0.29) is 0 Å². The van der Waals surface area contributed by atoms with Crippen molar-refractivity contribution in [1.29, 1.82) is 0 Å². The molecule has 0 bridgehead atoms.